The molecule has 21 heavy (non-hydrogen) atoms. The number of aryl methyl sites for hydroxylation is 1. The van der Waals surface area contributed by atoms with Crippen LogP contribution in [0, 0.1) is 20.6 Å². The fourth-order valence-electron chi connectivity index (χ4n) is 1.72. The number of halogens is 1. The number of hydrogen-bond acceptors (Lipinski definition) is 4. The molecule has 2 rings (SSSR count). The van der Waals surface area contributed by atoms with Crippen molar-refractivity contribution >= 4 is 44.0 Å². The van der Waals surface area contributed by atoms with Gasteiger partial charge in [-0.05, 0) is 53.8 Å². The lowest BCUT2D eigenvalue weighted by molar-refractivity contribution is -0.385. The molecule has 0 heterocycles. The van der Waals surface area contributed by atoms with Crippen molar-refractivity contribution in [1.29, 1.82) is 0 Å². The van der Waals surface area contributed by atoms with Gasteiger partial charge in [0.05, 0.1) is 9.82 Å². The molecule has 6 nitrogen and oxygen atoms in total. The predicted molar refractivity (Wildman–Crippen MR) is 87.8 cm³/mol. The molecule has 0 aliphatic rings. The number of rotatable bonds is 4. The van der Waals surface area contributed by atoms with Crippen LogP contribution in [0.4, 0.5) is 11.4 Å². The molecule has 0 aliphatic carbocycles. The number of nitrogens with zero attached hydrogens (tertiary/aromatic N) is 1. The first kappa shape index (κ1) is 15.7. The molecule has 1 N–H and O–H groups in total. The van der Waals surface area contributed by atoms with E-state index in [1.165, 1.54) is 12.1 Å². The third-order valence-electron chi connectivity index (χ3n) is 2.76. The zero-order valence-electron chi connectivity index (χ0n) is 10.9. The van der Waals surface area contributed by atoms with E-state index in [0.717, 1.165) is 9.64 Å². The summed E-state index contributed by atoms with van der Waals surface area (Å²) in [5.74, 6) is 0. The molecule has 0 bridgehead atoms. The van der Waals surface area contributed by atoms with Crippen molar-refractivity contribution in [3.63, 3.8) is 0 Å². The van der Waals surface area contributed by atoms with Crippen molar-refractivity contribution in [2.24, 2.45) is 0 Å². The van der Waals surface area contributed by atoms with Gasteiger partial charge in [-0.25, -0.2) is 8.42 Å². The van der Waals surface area contributed by atoms with Gasteiger partial charge in [0, 0.05) is 20.9 Å². The van der Waals surface area contributed by atoms with E-state index in [1.807, 2.05) is 6.07 Å². The summed E-state index contributed by atoms with van der Waals surface area (Å²) in [5, 5.41) is 10.9. The molecule has 2 aromatic carbocycles. The summed E-state index contributed by atoms with van der Waals surface area (Å²) in [4.78, 5) is 10.2. The molecule has 0 aliphatic heterocycles. The van der Waals surface area contributed by atoms with Crippen molar-refractivity contribution in [2.45, 2.75) is 11.8 Å². The van der Waals surface area contributed by atoms with E-state index in [1.54, 1.807) is 25.1 Å². The summed E-state index contributed by atoms with van der Waals surface area (Å²) in [7, 11) is -3.86. The highest BCUT2D eigenvalue weighted by atomic mass is 127. The first-order valence-corrected chi connectivity index (χ1v) is 8.39. The van der Waals surface area contributed by atoms with Gasteiger partial charge < -0.3 is 0 Å². The Hall–Kier alpha value is -1.68. The summed E-state index contributed by atoms with van der Waals surface area (Å²) >= 11 is 2.07. The van der Waals surface area contributed by atoms with Crippen LogP contribution in [0.1, 0.15) is 5.56 Å². The normalized spacial score (nSPS) is 11.1. The van der Waals surface area contributed by atoms with Crippen molar-refractivity contribution in [2.75, 3.05) is 4.72 Å². The van der Waals surface area contributed by atoms with Gasteiger partial charge >= 0.3 is 0 Å². The van der Waals surface area contributed by atoms with Gasteiger partial charge in [0.2, 0.25) is 0 Å². The Morgan fingerprint density at radius 2 is 1.90 bits per heavy atom. The summed E-state index contributed by atoms with van der Waals surface area (Å²) in [6.07, 6.45) is 0. The minimum Gasteiger partial charge on any atom is -0.280 e. The van der Waals surface area contributed by atoms with Crippen LogP contribution in [0.3, 0.4) is 0 Å². The first-order chi connectivity index (χ1) is 9.79. The molecular formula is C13H11IN2O4S. The van der Waals surface area contributed by atoms with E-state index in [2.05, 4.69) is 27.3 Å². The van der Waals surface area contributed by atoms with E-state index in [4.69, 9.17) is 0 Å². The van der Waals surface area contributed by atoms with Gasteiger partial charge in [0.15, 0.2) is 0 Å². The first-order valence-electron chi connectivity index (χ1n) is 5.83. The summed E-state index contributed by atoms with van der Waals surface area (Å²) in [6.45, 7) is 1.56. The maximum absolute atomic E-state index is 12.3. The van der Waals surface area contributed by atoms with Crippen LogP contribution < -0.4 is 4.72 Å². The summed E-state index contributed by atoms with van der Waals surface area (Å²) in [5.41, 5.74) is 0.596. The number of nitro groups is 1. The van der Waals surface area contributed by atoms with Gasteiger partial charge in [0.1, 0.15) is 0 Å². The molecule has 0 unspecified atom stereocenters. The molecule has 0 atom stereocenters. The summed E-state index contributed by atoms with van der Waals surface area (Å²) < 4.78 is 27.8. The zero-order valence-corrected chi connectivity index (χ0v) is 13.9. The second kappa shape index (κ2) is 5.98. The quantitative estimate of drug-likeness (QED) is 0.469. The lowest BCUT2D eigenvalue weighted by atomic mass is 10.2. The molecule has 0 saturated carbocycles. The lowest BCUT2D eigenvalue weighted by Gasteiger charge is -2.09. The number of sulfonamides is 1. The topological polar surface area (TPSA) is 89.3 Å². The molecule has 0 saturated heterocycles. The Morgan fingerprint density at radius 3 is 2.52 bits per heavy atom. The largest absolute Gasteiger partial charge is 0.280 e. The van der Waals surface area contributed by atoms with Crippen molar-refractivity contribution in [3.05, 3.63) is 61.7 Å². The van der Waals surface area contributed by atoms with E-state index in [0.29, 0.717) is 11.3 Å². The van der Waals surface area contributed by atoms with E-state index in [9.17, 15) is 18.5 Å². The number of nitro benzene ring substituents is 1. The van der Waals surface area contributed by atoms with E-state index >= 15 is 0 Å². The standard InChI is InChI=1S/C13H11IN2O4S/c1-9-5-6-12(8-13(9)16(17)18)21(19,20)15-11-4-2-3-10(14)7-11/h2-8,15H,1H3. The highest BCUT2D eigenvalue weighted by Crippen LogP contribution is 2.24. The molecule has 0 amide bonds. The van der Waals surface area contributed by atoms with Crippen molar-refractivity contribution < 1.29 is 13.3 Å². The third-order valence-corrected chi connectivity index (χ3v) is 4.81. The van der Waals surface area contributed by atoms with Crippen LogP contribution in [0.25, 0.3) is 0 Å². The maximum Gasteiger partial charge on any atom is 0.273 e. The average Bonchev–Trinajstić information content (AvgIpc) is 2.38. The van der Waals surface area contributed by atoms with Crippen LogP contribution in [0.15, 0.2) is 47.4 Å². The van der Waals surface area contributed by atoms with Crippen molar-refractivity contribution in [1.82, 2.24) is 0 Å². The Balaban J connectivity index is 2.40. The molecule has 0 radical (unpaired) electrons. The highest BCUT2D eigenvalue weighted by Gasteiger charge is 2.19. The fraction of sp³-hybridized carbons (Fsp3) is 0.0769. The van der Waals surface area contributed by atoms with E-state index in [-0.39, 0.29) is 10.6 Å². The molecule has 0 spiro atoms. The molecule has 8 heteroatoms. The minimum atomic E-state index is -3.86. The van der Waals surface area contributed by atoms with Gasteiger partial charge in [0.25, 0.3) is 15.7 Å². The minimum absolute atomic E-state index is 0.140. The van der Waals surface area contributed by atoms with E-state index < -0.39 is 14.9 Å². The van der Waals surface area contributed by atoms with Crippen LogP contribution in [-0.2, 0) is 10.0 Å². The molecule has 0 aromatic heterocycles. The van der Waals surface area contributed by atoms with Gasteiger partial charge in [-0.1, -0.05) is 12.1 Å². The fourth-order valence-corrected chi connectivity index (χ4v) is 3.33. The van der Waals surface area contributed by atoms with Crippen molar-refractivity contribution in [3.8, 4) is 0 Å². The van der Waals surface area contributed by atoms with Crippen LogP contribution in [0.5, 0.6) is 0 Å². The molecular weight excluding hydrogens is 407 g/mol. The Kier molecular flexibility index (Phi) is 4.47. The Labute approximate surface area is 135 Å². The highest BCUT2D eigenvalue weighted by molar-refractivity contribution is 14.1. The third kappa shape index (κ3) is 3.70. The maximum atomic E-state index is 12.3. The number of benzene rings is 2. The molecule has 110 valence electrons. The van der Waals surface area contributed by atoms with Crippen LogP contribution in [0.2, 0.25) is 0 Å². The zero-order chi connectivity index (χ0) is 15.6. The SMILES string of the molecule is Cc1ccc(S(=O)(=O)Nc2cccc(I)c2)cc1[N+](=O)[O-]. The van der Waals surface area contributed by atoms with Gasteiger partial charge in [-0.3, -0.25) is 14.8 Å². The van der Waals surface area contributed by atoms with Crippen LogP contribution in [-0.4, -0.2) is 13.3 Å². The second-order valence-electron chi connectivity index (χ2n) is 4.32. The second-order valence-corrected chi connectivity index (χ2v) is 7.25. The monoisotopic (exact) mass is 418 g/mol. The summed E-state index contributed by atoms with van der Waals surface area (Å²) in [6, 6.07) is 10.7. The average molecular weight is 418 g/mol. The smallest absolute Gasteiger partial charge is 0.273 e. The van der Waals surface area contributed by atoms with Crippen LogP contribution >= 0.6 is 22.6 Å². The molecule has 0 fully saturated rings. The number of anilines is 1. The molecule has 2 aromatic rings. The Morgan fingerprint density at radius 1 is 1.19 bits per heavy atom. The van der Waals surface area contributed by atoms with Gasteiger partial charge in [-0.2, -0.15) is 0 Å². The lowest BCUT2D eigenvalue weighted by Crippen LogP contribution is -2.13. The van der Waals surface area contributed by atoms with Gasteiger partial charge in [-0.15, -0.1) is 0 Å². The number of hydrogen-bond donors (Lipinski definition) is 1. The number of nitrogens with one attached hydrogen (secondary N) is 1. The predicted octanol–water partition coefficient (Wildman–Crippen LogP) is 3.31. The Bertz CT molecular complexity index is 806.